The van der Waals surface area contributed by atoms with Gasteiger partial charge in [-0.25, -0.2) is 0 Å². The molecule has 0 bridgehead atoms. The van der Waals surface area contributed by atoms with Crippen LogP contribution in [0.5, 0.6) is 0 Å². The molecule has 1 aliphatic rings. The molecule has 0 unspecified atom stereocenters. The molecule has 0 heterocycles. The first-order valence-corrected chi connectivity index (χ1v) is 6.01. The van der Waals surface area contributed by atoms with Crippen LogP contribution in [0.1, 0.15) is 46.5 Å². The molecule has 4 atom stereocenters. The first-order chi connectivity index (χ1) is 6.59. The van der Waals surface area contributed by atoms with E-state index in [1.165, 1.54) is 19.3 Å². The zero-order chi connectivity index (χ0) is 10.6. The Labute approximate surface area is 88.1 Å². The molecule has 1 rings (SSSR count). The van der Waals surface area contributed by atoms with E-state index < -0.39 is 0 Å². The number of hydrogen-bond donors (Lipinski definition) is 2. The van der Waals surface area contributed by atoms with Crippen molar-refractivity contribution >= 4 is 0 Å². The van der Waals surface area contributed by atoms with Crippen LogP contribution >= 0.6 is 0 Å². The van der Waals surface area contributed by atoms with Gasteiger partial charge in [0.25, 0.3) is 0 Å². The van der Waals surface area contributed by atoms with E-state index >= 15 is 0 Å². The maximum absolute atomic E-state index is 9.14. The molecule has 0 saturated heterocycles. The first-order valence-electron chi connectivity index (χ1n) is 6.01. The van der Waals surface area contributed by atoms with Gasteiger partial charge in [-0.05, 0) is 51.0 Å². The summed E-state index contributed by atoms with van der Waals surface area (Å²) in [7, 11) is 0. The van der Waals surface area contributed by atoms with Gasteiger partial charge in [0.15, 0.2) is 0 Å². The third kappa shape index (κ3) is 3.97. The van der Waals surface area contributed by atoms with E-state index in [4.69, 9.17) is 5.11 Å². The van der Waals surface area contributed by atoms with E-state index in [2.05, 4.69) is 19.2 Å². The van der Waals surface area contributed by atoms with Gasteiger partial charge in [-0.2, -0.15) is 0 Å². The topological polar surface area (TPSA) is 32.3 Å². The Kier molecular flexibility index (Phi) is 4.90. The van der Waals surface area contributed by atoms with Gasteiger partial charge in [0.2, 0.25) is 0 Å². The van der Waals surface area contributed by atoms with Crippen molar-refractivity contribution in [3.8, 4) is 0 Å². The minimum atomic E-state index is -0.164. The second-order valence-corrected chi connectivity index (χ2v) is 5.06. The van der Waals surface area contributed by atoms with Crippen LogP contribution in [-0.4, -0.2) is 23.8 Å². The fraction of sp³-hybridized carbons (Fsp3) is 1.00. The highest BCUT2D eigenvalue weighted by Crippen LogP contribution is 2.29. The van der Waals surface area contributed by atoms with Crippen molar-refractivity contribution in [1.29, 1.82) is 0 Å². The van der Waals surface area contributed by atoms with Crippen molar-refractivity contribution in [2.45, 2.75) is 58.6 Å². The molecule has 1 fully saturated rings. The summed E-state index contributed by atoms with van der Waals surface area (Å²) in [4.78, 5) is 0. The van der Waals surface area contributed by atoms with Crippen LogP contribution < -0.4 is 5.32 Å². The Morgan fingerprint density at radius 1 is 1.29 bits per heavy atom. The lowest BCUT2D eigenvalue weighted by molar-refractivity contribution is 0.174. The van der Waals surface area contributed by atoms with Gasteiger partial charge in [0, 0.05) is 6.04 Å². The average molecular weight is 199 g/mol. The van der Waals surface area contributed by atoms with Gasteiger partial charge < -0.3 is 10.4 Å². The maximum atomic E-state index is 9.14. The second-order valence-electron chi connectivity index (χ2n) is 5.06. The summed E-state index contributed by atoms with van der Waals surface area (Å²) < 4.78 is 0. The minimum Gasteiger partial charge on any atom is -0.393 e. The van der Waals surface area contributed by atoms with Gasteiger partial charge in [-0.15, -0.1) is 0 Å². The Morgan fingerprint density at radius 2 is 2.00 bits per heavy atom. The van der Waals surface area contributed by atoms with Crippen LogP contribution in [0.25, 0.3) is 0 Å². The van der Waals surface area contributed by atoms with Crippen LogP contribution in [0.4, 0.5) is 0 Å². The van der Waals surface area contributed by atoms with Crippen molar-refractivity contribution in [3.05, 3.63) is 0 Å². The molecule has 0 amide bonds. The van der Waals surface area contributed by atoms with Crippen molar-refractivity contribution in [3.63, 3.8) is 0 Å². The smallest absolute Gasteiger partial charge is 0.0524 e. The summed E-state index contributed by atoms with van der Waals surface area (Å²) in [6.07, 6.45) is 4.68. The summed E-state index contributed by atoms with van der Waals surface area (Å²) in [6, 6.07) is 0.694. The quantitative estimate of drug-likeness (QED) is 0.727. The molecule has 2 nitrogen and oxygen atoms in total. The molecule has 2 heteroatoms. The molecule has 14 heavy (non-hydrogen) atoms. The predicted octanol–water partition coefficient (Wildman–Crippen LogP) is 2.17. The van der Waals surface area contributed by atoms with Gasteiger partial charge in [-0.3, -0.25) is 0 Å². The molecular weight excluding hydrogens is 174 g/mol. The van der Waals surface area contributed by atoms with Crippen molar-refractivity contribution in [2.75, 3.05) is 6.54 Å². The van der Waals surface area contributed by atoms with E-state index in [0.717, 1.165) is 24.8 Å². The van der Waals surface area contributed by atoms with Crippen LogP contribution in [-0.2, 0) is 0 Å². The molecule has 1 aliphatic carbocycles. The molecule has 1 saturated carbocycles. The third-order valence-electron chi connectivity index (χ3n) is 3.59. The van der Waals surface area contributed by atoms with Crippen LogP contribution in [0, 0.1) is 11.8 Å². The number of nitrogens with one attached hydrogen (secondary N) is 1. The van der Waals surface area contributed by atoms with Gasteiger partial charge >= 0.3 is 0 Å². The van der Waals surface area contributed by atoms with Crippen LogP contribution in [0.15, 0.2) is 0 Å². The summed E-state index contributed by atoms with van der Waals surface area (Å²) in [5.41, 5.74) is 0. The highest BCUT2D eigenvalue weighted by molar-refractivity contribution is 4.79. The first kappa shape index (κ1) is 12.0. The Morgan fingerprint density at radius 3 is 2.57 bits per heavy atom. The van der Waals surface area contributed by atoms with Crippen molar-refractivity contribution in [1.82, 2.24) is 5.32 Å². The van der Waals surface area contributed by atoms with Crippen LogP contribution in [0.3, 0.4) is 0 Å². The third-order valence-corrected chi connectivity index (χ3v) is 3.59. The molecule has 0 spiro atoms. The lowest BCUT2D eigenvalue weighted by Crippen LogP contribution is -2.37. The standard InChI is InChI=1S/C12H25NO/c1-9-4-5-12(8-10(9)2)13-7-6-11(3)14/h9-14H,4-8H2,1-3H3/t9-,10-,11+,12+/m0/s1. The molecule has 84 valence electrons. The number of aliphatic hydroxyl groups excluding tert-OH is 1. The van der Waals surface area contributed by atoms with E-state index in [1.807, 2.05) is 6.92 Å². The highest BCUT2D eigenvalue weighted by atomic mass is 16.3. The second kappa shape index (κ2) is 5.72. The molecule has 0 aromatic rings. The van der Waals surface area contributed by atoms with Gasteiger partial charge in [0.05, 0.1) is 6.10 Å². The number of rotatable bonds is 4. The fourth-order valence-corrected chi connectivity index (χ4v) is 2.23. The molecule has 0 aromatic carbocycles. The lowest BCUT2D eigenvalue weighted by Gasteiger charge is -2.32. The fourth-order valence-electron chi connectivity index (χ4n) is 2.23. The van der Waals surface area contributed by atoms with Crippen LogP contribution in [0.2, 0.25) is 0 Å². The Hall–Kier alpha value is -0.0800. The Balaban J connectivity index is 2.13. The molecule has 0 aromatic heterocycles. The minimum absolute atomic E-state index is 0.164. The lowest BCUT2D eigenvalue weighted by atomic mass is 9.79. The summed E-state index contributed by atoms with van der Waals surface area (Å²) in [5.74, 6) is 1.75. The maximum Gasteiger partial charge on any atom is 0.0524 e. The zero-order valence-corrected chi connectivity index (χ0v) is 9.79. The summed E-state index contributed by atoms with van der Waals surface area (Å²) >= 11 is 0. The normalized spacial score (nSPS) is 35.6. The van der Waals surface area contributed by atoms with Gasteiger partial charge in [-0.1, -0.05) is 13.8 Å². The number of aliphatic hydroxyl groups is 1. The SMILES string of the molecule is C[C@@H](O)CCN[C@@H]1CC[C@H](C)[C@@H](C)C1. The monoisotopic (exact) mass is 199 g/mol. The van der Waals surface area contributed by atoms with E-state index in [1.54, 1.807) is 0 Å². The molecule has 2 N–H and O–H groups in total. The molecule has 0 radical (unpaired) electrons. The van der Waals surface area contributed by atoms with E-state index in [0.29, 0.717) is 6.04 Å². The van der Waals surface area contributed by atoms with E-state index in [9.17, 15) is 0 Å². The van der Waals surface area contributed by atoms with Crippen molar-refractivity contribution in [2.24, 2.45) is 11.8 Å². The summed E-state index contributed by atoms with van der Waals surface area (Å²) in [5, 5.41) is 12.7. The molecule has 0 aliphatic heterocycles. The largest absolute Gasteiger partial charge is 0.393 e. The van der Waals surface area contributed by atoms with Gasteiger partial charge in [0.1, 0.15) is 0 Å². The molecular formula is C12H25NO. The van der Waals surface area contributed by atoms with E-state index in [-0.39, 0.29) is 6.10 Å². The van der Waals surface area contributed by atoms with Crippen molar-refractivity contribution < 1.29 is 5.11 Å². The highest BCUT2D eigenvalue weighted by Gasteiger charge is 2.23. The Bertz CT molecular complexity index is 158. The summed E-state index contributed by atoms with van der Waals surface area (Å²) in [6.45, 7) is 7.53. The predicted molar refractivity (Wildman–Crippen MR) is 60.3 cm³/mol. The average Bonchev–Trinajstić information content (AvgIpc) is 2.10. The zero-order valence-electron chi connectivity index (χ0n) is 9.79. The number of hydrogen-bond acceptors (Lipinski definition) is 2.